The number of methoxy groups -OCH3 is 1. The first-order valence-electron chi connectivity index (χ1n) is 8.81. The van der Waals surface area contributed by atoms with Crippen molar-refractivity contribution in [2.45, 2.75) is 46.2 Å². The molecule has 2 N–H and O–H groups in total. The van der Waals surface area contributed by atoms with Gasteiger partial charge in [0.1, 0.15) is 0 Å². The van der Waals surface area contributed by atoms with Crippen molar-refractivity contribution in [1.29, 1.82) is 0 Å². The third kappa shape index (κ3) is 9.84. The maximum Gasteiger partial charge on any atom is 0.212 e. The number of aliphatic imine (C=N–C) groups is 1. The van der Waals surface area contributed by atoms with Gasteiger partial charge in [-0.05, 0) is 45.0 Å². The van der Waals surface area contributed by atoms with Crippen molar-refractivity contribution in [3.8, 4) is 5.88 Å². The highest BCUT2D eigenvalue weighted by Crippen LogP contribution is 2.06. The average Bonchev–Trinajstić information content (AvgIpc) is 2.62. The van der Waals surface area contributed by atoms with Gasteiger partial charge < -0.3 is 20.3 Å². The van der Waals surface area contributed by atoms with Crippen molar-refractivity contribution >= 4 is 29.9 Å². The third-order valence-electron chi connectivity index (χ3n) is 4.08. The number of pyridine rings is 1. The Morgan fingerprint density at radius 3 is 2.56 bits per heavy atom. The summed E-state index contributed by atoms with van der Waals surface area (Å²) < 4.78 is 5.07. The Hall–Kier alpha value is -1.09. The molecular formula is C18H34IN5O. The zero-order valence-corrected chi connectivity index (χ0v) is 18.5. The SMILES string of the molecule is CCN(CC)CCCC(C)NC(=NC)NCc1ccc(OC)nc1.I. The molecule has 0 aliphatic heterocycles. The first-order valence-corrected chi connectivity index (χ1v) is 8.81. The molecule has 6 nitrogen and oxygen atoms in total. The van der Waals surface area contributed by atoms with Crippen molar-refractivity contribution in [2.75, 3.05) is 33.8 Å². The van der Waals surface area contributed by atoms with Gasteiger partial charge in [0.05, 0.1) is 7.11 Å². The molecule has 0 saturated heterocycles. The van der Waals surface area contributed by atoms with E-state index in [4.69, 9.17) is 4.74 Å². The third-order valence-corrected chi connectivity index (χ3v) is 4.08. The number of hydrogen-bond acceptors (Lipinski definition) is 4. The van der Waals surface area contributed by atoms with E-state index >= 15 is 0 Å². The van der Waals surface area contributed by atoms with Crippen molar-refractivity contribution in [1.82, 2.24) is 20.5 Å². The molecule has 0 amide bonds. The predicted octanol–water partition coefficient (Wildman–Crippen LogP) is 2.88. The van der Waals surface area contributed by atoms with Gasteiger partial charge in [-0.3, -0.25) is 4.99 Å². The van der Waals surface area contributed by atoms with Crippen LogP contribution < -0.4 is 15.4 Å². The van der Waals surface area contributed by atoms with Gasteiger partial charge >= 0.3 is 0 Å². The Kier molecular flexibility index (Phi) is 13.5. The quantitative estimate of drug-likeness (QED) is 0.318. The summed E-state index contributed by atoms with van der Waals surface area (Å²) >= 11 is 0. The topological polar surface area (TPSA) is 61.8 Å². The molecule has 1 aromatic rings. The van der Waals surface area contributed by atoms with E-state index in [-0.39, 0.29) is 24.0 Å². The van der Waals surface area contributed by atoms with Crippen LogP contribution in [0.5, 0.6) is 5.88 Å². The number of nitrogens with zero attached hydrogens (tertiary/aromatic N) is 3. The maximum absolute atomic E-state index is 5.07. The van der Waals surface area contributed by atoms with Crippen LogP contribution in [0.15, 0.2) is 23.3 Å². The number of hydrogen-bond donors (Lipinski definition) is 2. The summed E-state index contributed by atoms with van der Waals surface area (Å²) in [7, 11) is 3.41. The minimum absolute atomic E-state index is 0. The molecule has 1 aromatic heterocycles. The van der Waals surface area contributed by atoms with Crippen LogP contribution in [-0.2, 0) is 6.54 Å². The minimum Gasteiger partial charge on any atom is -0.481 e. The molecule has 0 aliphatic carbocycles. The zero-order valence-electron chi connectivity index (χ0n) is 16.2. The fraction of sp³-hybridized carbons (Fsp3) is 0.667. The molecule has 0 bridgehead atoms. The molecule has 0 fully saturated rings. The number of ether oxygens (including phenoxy) is 1. The van der Waals surface area contributed by atoms with E-state index in [0.717, 1.165) is 37.6 Å². The van der Waals surface area contributed by atoms with E-state index in [1.54, 1.807) is 14.2 Å². The molecule has 0 radical (unpaired) electrons. The number of aromatic nitrogens is 1. The van der Waals surface area contributed by atoms with E-state index < -0.39 is 0 Å². The van der Waals surface area contributed by atoms with Crippen LogP contribution in [0.2, 0.25) is 0 Å². The van der Waals surface area contributed by atoms with Gasteiger partial charge in [0, 0.05) is 31.9 Å². The lowest BCUT2D eigenvalue weighted by molar-refractivity contribution is 0.292. The Balaban J connectivity index is 0.00000576. The van der Waals surface area contributed by atoms with Crippen LogP contribution in [0.1, 0.15) is 39.2 Å². The van der Waals surface area contributed by atoms with Crippen LogP contribution in [0.3, 0.4) is 0 Å². The highest BCUT2D eigenvalue weighted by atomic mass is 127. The van der Waals surface area contributed by atoms with Crippen LogP contribution in [0, 0.1) is 0 Å². The Morgan fingerprint density at radius 1 is 1.32 bits per heavy atom. The largest absolute Gasteiger partial charge is 0.481 e. The van der Waals surface area contributed by atoms with Crippen molar-refractivity contribution in [3.63, 3.8) is 0 Å². The maximum atomic E-state index is 5.07. The van der Waals surface area contributed by atoms with Gasteiger partial charge in [-0.1, -0.05) is 19.9 Å². The van der Waals surface area contributed by atoms with E-state index in [2.05, 4.69) is 46.3 Å². The smallest absolute Gasteiger partial charge is 0.212 e. The molecule has 1 rings (SSSR count). The fourth-order valence-electron chi connectivity index (χ4n) is 2.48. The van der Waals surface area contributed by atoms with Gasteiger partial charge in [-0.25, -0.2) is 4.98 Å². The summed E-state index contributed by atoms with van der Waals surface area (Å²) in [5.74, 6) is 1.45. The minimum atomic E-state index is 0. The molecule has 1 atom stereocenters. The lowest BCUT2D eigenvalue weighted by Crippen LogP contribution is -2.42. The molecule has 144 valence electrons. The van der Waals surface area contributed by atoms with Gasteiger partial charge in [0.2, 0.25) is 5.88 Å². The van der Waals surface area contributed by atoms with E-state index in [1.807, 2.05) is 18.3 Å². The monoisotopic (exact) mass is 463 g/mol. The van der Waals surface area contributed by atoms with E-state index in [9.17, 15) is 0 Å². The van der Waals surface area contributed by atoms with Crippen molar-refractivity contribution < 1.29 is 4.74 Å². The summed E-state index contributed by atoms with van der Waals surface area (Å²) in [6.07, 6.45) is 4.13. The first kappa shape index (κ1) is 23.9. The van der Waals surface area contributed by atoms with Gasteiger partial charge in [0.25, 0.3) is 0 Å². The van der Waals surface area contributed by atoms with Gasteiger partial charge in [0.15, 0.2) is 5.96 Å². The molecular weight excluding hydrogens is 429 g/mol. The number of rotatable bonds is 10. The summed E-state index contributed by atoms with van der Waals surface area (Å²) in [6, 6.07) is 4.25. The predicted molar refractivity (Wildman–Crippen MR) is 116 cm³/mol. The summed E-state index contributed by atoms with van der Waals surface area (Å²) in [5, 5.41) is 6.77. The molecule has 25 heavy (non-hydrogen) atoms. The van der Waals surface area contributed by atoms with E-state index in [1.165, 1.54) is 6.42 Å². The van der Waals surface area contributed by atoms with Gasteiger partial charge in [-0.2, -0.15) is 0 Å². The average molecular weight is 463 g/mol. The number of guanidine groups is 1. The highest BCUT2D eigenvalue weighted by molar-refractivity contribution is 14.0. The van der Waals surface area contributed by atoms with Crippen LogP contribution in [-0.4, -0.2) is 55.7 Å². The van der Waals surface area contributed by atoms with Crippen molar-refractivity contribution in [2.24, 2.45) is 4.99 Å². The lowest BCUT2D eigenvalue weighted by Gasteiger charge is -2.21. The molecule has 1 heterocycles. The summed E-state index contributed by atoms with van der Waals surface area (Å²) in [6.45, 7) is 10.7. The summed E-state index contributed by atoms with van der Waals surface area (Å²) in [4.78, 5) is 11.0. The Labute approximate surface area is 169 Å². The van der Waals surface area contributed by atoms with Crippen molar-refractivity contribution in [3.05, 3.63) is 23.9 Å². The Morgan fingerprint density at radius 2 is 2.04 bits per heavy atom. The summed E-state index contributed by atoms with van der Waals surface area (Å²) in [5.41, 5.74) is 1.09. The molecule has 0 aliphatic rings. The normalized spacial score (nSPS) is 12.5. The molecule has 0 aromatic carbocycles. The van der Waals surface area contributed by atoms with E-state index in [0.29, 0.717) is 18.5 Å². The highest BCUT2D eigenvalue weighted by Gasteiger charge is 2.07. The second-order valence-electron chi connectivity index (χ2n) is 5.85. The molecule has 7 heteroatoms. The lowest BCUT2D eigenvalue weighted by atomic mass is 10.2. The standard InChI is InChI=1S/C18H33N5O.HI/c1-6-23(7-2)12-8-9-15(3)22-18(19-4)21-14-16-10-11-17(24-5)20-13-16;/h10-11,13,15H,6-9,12,14H2,1-5H3,(H2,19,21,22);1H. The molecule has 1 unspecified atom stereocenters. The number of halogens is 1. The fourth-order valence-corrected chi connectivity index (χ4v) is 2.48. The second kappa shape index (κ2) is 14.1. The van der Waals surface area contributed by atoms with Gasteiger partial charge in [-0.15, -0.1) is 24.0 Å². The molecule has 0 spiro atoms. The molecule has 0 saturated carbocycles. The van der Waals surface area contributed by atoms with Crippen LogP contribution in [0.4, 0.5) is 0 Å². The second-order valence-corrected chi connectivity index (χ2v) is 5.85. The first-order chi connectivity index (χ1) is 11.6. The van der Waals surface area contributed by atoms with Crippen LogP contribution >= 0.6 is 24.0 Å². The van der Waals surface area contributed by atoms with Crippen LogP contribution in [0.25, 0.3) is 0 Å². The Bertz CT molecular complexity index is 477. The zero-order chi connectivity index (χ0) is 17.8. The number of nitrogens with one attached hydrogen (secondary N) is 2.